The first-order valence-corrected chi connectivity index (χ1v) is 15.0. The molecule has 1 aromatic heterocycles. The third-order valence-electron chi connectivity index (χ3n) is 6.59. The van der Waals surface area contributed by atoms with Crippen molar-refractivity contribution in [2.75, 3.05) is 13.2 Å². The number of hydrogen-bond donors (Lipinski definition) is 0. The number of aromatic nitrogens is 1. The van der Waals surface area contributed by atoms with Crippen molar-refractivity contribution in [2.24, 2.45) is 4.99 Å². The van der Waals surface area contributed by atoms with Crippen molar-refractivity contribution >= 4 is 46.6 Å². The fraction of sp³-hybridized carbons (Fsp3) is 0.219. The highest BCUT2D eigenvalue weighted by Gasteiger charge is 2.33. The predicted molar refractivity (Wildman–Crippen MR) is 165 cm³/mol. The van der Waals surface area contributed by atoms with Crippen LogP contribution in [0.4, 0.5) is 0 Å². The second kappa shape index (κ2) is 13.0. The van der Waals surface area contributed by atoms with Crippen LogP contribution in [0.15, 0.2) is 87.8 Å². The van der Waals surface area contributed by atoms with Gasteiger partial charge in [-0.15, -0.1) is 0 Å². The van der Waals surface area contributed by atoms with E-state index in [9.17, 15) is 9.59 Å². The van der Waals surface area contributed by atoms with Crippen molar-refractivity contribution in [3.05, 3.63) is 124 Å². The molecule has 1 aliphatic rings. The molecule has 2 heterocycles. The van der Waals surface area contributed by atoms with E-state index in [1.165, 1.54) is 11.3 Å². The zero-order valence-corrected chi connectivity index (χ0v) is 25.6. The lowest BCUT2D eigenvalue weighted by Crippen LogP contribution is -2.39. The number of thiazole rings is 1. The van der Waals surface area contributed by atoms with E-state index in [1.54, 1.807) is 54.8 Å². The number of nitrogens with zero attached hydrogens (tertiary/aromatic N) is 2. The quantitative estimate of drug-likeness (QED) is 0.211. The normalized spacial score (nSPS) is 14.8. The molecule has 0 saturated carbocycles. The Hall–Kier alpha value is -3.85. The lowest BCUT2D eigenvalue weighted by molar-refractivity contribution is -0.139. The summed E-state index contributed by atoms with van der Waals surface area (Å²) in [6.07, 6.45) is 1.74. The van der Waals surface area contributed by atoms with Gasteiger partial charge in [0.2, 0.25) is 0 Å². The summed E-state index contributed by atoms with van der Waals surface area (Å²) in [6.45, 7) is 6.43. The lowest BCUT2D eigenvalue weighted by atomic mass is 9.96. The van der Waals surface area contributed by atoms with Crippen molar-refractivity contribution in [2.45, 2.75) is 33.4 Å². The number of hydrogen-bond acceptors (Lipinski definition) is 7. The molecule has 5 rings (SSSR count). The number of halogens is 2. The number of rotatable bonds is 9. The highest BCUT2D eigenvalue weighted by atomic mass is 35.5. The van der Waals surface area contributed by atoms with Crippen LogP contribution in [0.3, 0.4) is 0 Å². The van der Waals surface area contributed by atoms with Crippen molar-refractivity contribution in [1.82, 2.24) is 4.57 Å². The summed E-state index contributed by atoms with van der Waals surface area (Å²) in [5.41, 5.74) is 2.83. The second-order valence-corrected chi connectivity index (χ2v) is 11.3. The van der Waals surface area contributed by atoms with Gasteiger partial charge in [-0.1, -0.05) is 58.8 Å². The molecule has 0 saturated heterocycles. The SMILES string of the molecule is CCOC(=O)C1=C(C)N=c2s/c(=C\c3cc(Cl)ccc3OCc3ccc(Cl)cc3)c(=O)n2[C@@H]1c1ccc(OCC)cc1. The lowest BCUT2D eigenvalue weighted by Gasteiger charge is -2.24. The molecule has 0 aliphatic carbocycles. The van der Waals surface area contributed by atoms with Crippen LogP contribution in [-0.2, 0) is 16.1 Å². The molecule has 0 fully saturated rings. The van der Waals surface area contributed by atoms with Crippen LogP contribution >= 0.6 is 34.5 Å². The zero-order chi connectivity index (χ0) is 29.8. The van der Waals surface area contributed by atoms with Crippen molar-refractivity contribution in [3.8, 4) is 11.5 Å². The fourth-order valence-electron chi connectivity index (χ4n) is 4.67. The fourth-order valence-corrected chi connectivity index (χ4v) is 6.01. The average Bonchev–Trinajstić information content (AvgIpc) is 3.27. The van der Waals surface area contributed by atoms with E-state index in [-0.39, 0.29) is 12.2 Å². The Morgan fingerprint density at radius 1 is 0.976 bits per heavy atom. The summed E-state index contributed by atoms with van der Waals surface area (Å²) >= 11 is 13.6. The van der Waals surface area contributed by atoms with Gasteiger partial charge in [0.1, 0.15) is 18.1 Å². The zero-order valence-electron chi connectivity index (χ0n) is 23.2. The topological polar surface area (TPSA) is 79.1 Å². The molecular formula is C32H28Cl2N2O5S. The molecule has 10 heteroatoms. The minimum atomic E-state index is -0.724. The number of carbonyl (C=O) groups excluding carboxylic acids is 1. The number of allylic oxidation sites excluding steroid dienone is 1. The van der Waals surface area contributed by atoms with Crippen LogP contribution in [0.25, 0.3) is 6.08 Å². The monoisotopic (exact) mass is 622 g/mol. The van der Waals surface area contributed by atoms with E-state index < -0.39 is 12.0 Å². The van der Waals surface area contributed by atoms with Gasteiger partial charge in [-0.3, -0.25) is 9.36 Å². The Bertz CT molecular complexity index is 1830. The summed E-state index contributed by atoms with van der Waals surface area (Å²) in [5.74, 6) is 0.741. The molecule has 216 valence electrons. The first-order chi connectivity index (χ1) is 20.3. The molecule has 3 aromatic carbocycles. The summed E-state index contributed by atoms with van der Waals surface area (Å²) in [5, 5.41) is 1.15. The maximum Gasteiger partial charge on any atom is 0.338 e. The van der Waals surface area contributed by atoms with E-state index in [0.29, 0.717) is 60.9 Å². The van der Waals surface area contributed by atoms with Gasteiger partial charge in [0, 0.05) is 15.6 Å². The summed E-state index contributed by atoms with van der Waals surface area (Å²) in [7, 11) is 0. The molecule has 1 aliphatic heterocycles. The maximum absolute atomic E-state index is 14.0. The maximum atomic E-state index is 14.0. The second-order valence-electron chi connectivity index (χ2n) is 9.40. The van der Waals surface area contributed by atoms with Crippen LogP contribution in [0.2, 0.25) is 10.0 Å². The van der Waals surface area contributed by atoms with Crippen molar-refractivity contribution in [1.29, 1.82) is 0 Å². The summed E-state index contributed by atoms with van der Waals surface area (Å²) in [6, 6.07) is 19.3. The Morgan fingerprint density at radius 3 is 2.38 bits per heavy atom. The van der Waals surface area contributed by atoms with Gasteiger partial charge in [-0.25, -0.2) is 9.79 Å². The molecule has 7 nitrogen and oxygen atoms in total. The third kappa shape index (κ3) is 6.31. The van der Waals surface area contributed by atoms with Crippen molar-refractivity contribution in [3.63, 3.8) is 0 Å². The number of ether oxygens (including phenoxy) is 3. The summed E-state index contributed by atoms with van der Waals surface area (Å²) in [4.78, 5) is 32.3. The Morgan fingerprint density at radius 2 is 1.69 bits per heavy atom. The minimum Gasteiger partial charge on any atom is -0.494 e. The van der Waals surface area contributed by atoms with Crippen LogP contribution in [0.1, 0.15) is 43.5 Å². The van der Waals surface area contributed by atoms with Gasteiger partial charge >= 0.3 is 5.97 Å². The van der Waals surface area contributed by atoms with Gasteiger partial charge in [0.15, 0.2) is 4.80 Å². The van der Waals surface area contributed by atoms with Crippen LogP contribution in [-0.4, -0.2) is 23.8 Å². The number of fused-ring (bicyclic) bond motifs is 1. The smallest absolute Gasteiger partial charge is 0.338 e. The Kier molecular flexibility index (Phi) is 9.16. The molecule has 0 unspecified atom stereocenters. The number of benzene rings is 3. The molecule has 1 atom stereocenters. The van der Waals surface area contributed by atoms with Gasteiger partial charge < -0.3 is 14.2 Å². The van der Waals surface area contributed by atoms with E-state index in [2.05, 4.69) is 4.99 Å². The molecule has 0 radical (unpaired) electrons. The highest BCUT2D eigenvalue weighted by molar-refractivity contribution is 7.07. The van der Waals surface area contributed by atoms with Gasteiger partial charge in [0.25, 0.3) is 5.56 Å². The van der Waals surface area contributed by atoms with E-state index in [4.69, 9.17) is 37.4 Å². The number of esters is 1. The van der Waals surface area contributed by atoms with Gasteiger partial charge in [-0.2, -0.15) is 0 Å². The first-order valence-electron chi connectivity index (χ1n) is 13.4. The highest BCUT2D eigenvalue weighted by Crippen LogP contribution is 2.32. The van der Waals surface area contributed by atoms with Crippen LogP contribution < -0.4 is 24.4 Å². The minimum absolute atomic E-state index is 0.198. The first kappa shape index (κ1) is 29.6. The molecule has 42 heavy (non-hydrogen) atoms. The Balaban J connectivity index is 1.60. The van der Waals surface area contributed by atoms with Crippen molar-refractivity contribution < 1.29 is 19.0 Å². The molecule has 0 spiro atoms. The molecule has 0 amide bonds. The average molecular weight is 624 g/mol. The molecule has 0 N–H and O–H groups in total. The van der Waals surface area contributed by atoms with E-state index >= 15 is 0 Å². The molecule has 0 bridgehead atoms. The predicted octanol–water partition coefficient (Wildman–Crippen LogP) is 6.08. The Labute approximate surface area is 256 Å². The van der Waals surface area contributed by atoms with E-state index in [0.717, 1.165) is 11.1 Å². The standard InChI is InChI=1S/C32H28Cl2N2O5S/c1-4-39-25-13-8-21(9-14-25)29-28(31(38)40-5-2)19(3)35-32-36(29)30(37)27(42-32)17-22-16-24(34)12-15-26(22)41-18-20-6-10-23(33)11-7-20/h6-17,29H,4-5,18H2,1-3H3/b27-17-/t29-/m1/s1. The van der Waals surface area contributed by atoms with E-state index in [1.807, 2.05) is 43.3 Å². The van der Waals surface area contributed by atoms with Crippen LogP contribution in [0.5, 0.6) is 11.5 Å². The molecule has 4 aromatic rings. The molecular weight excluding hydrogens is 595 g/mol. The largest absolute Gasteiger partial charge is 0.494 e. The van der Waals surface area contributed by atoms with Gasteiger partial charge in [0.05, 0.1) is 35.1 Å². The number of carbonyl (C=O) groups is 1. The van der Waals surface area contributed by atoms with Crippen LogP contribution in [0, 0.1) is 0 Å². The summed E-state index contributed by atoms with van der Waals surface area (Å²) < 4.78 is 19.0. The van der Waals surface area contributed by atoms with Gasteiger partial charge in [-0.05, 0) is 80.4 Å². The third-order valence-corrected chi connectivity index (χ3v) is 8.06.